The highest BCUT2D eigenvalue weighted by Gasteiger charge is 2.21. The predicted molar refractivity (Wildman–Crippen MR) is 96.3 cm³/mol. The molecule has 4 rings (SSSR count). The van der Waals surface area contributed by atoms with E-state index in [9.17, 15) is 9.59 Å². The molecule has 0 saturated heterocycles. The van der Waals surface area contributed by atoms with Gasteiger partial charge in [0.1, 0.15) is 0 Å². The van der Waals surface area contributed by atoms with Crippen LogP contribution in [0.5, 0.6) is 0 Å². The van der Waals surface area contributed by atoms with E-state index in [2.05, 4.69) is 20.7 Å². The summed E-state index contributed by atoms with van der Waals surface area (Å²) in [5.74, 6) is 0.285. The van der Waals surface area contributed by atoms with E-state index in [1.165, 1.54) is 0 Å². The van der Waals surface area contributed by atoms with Crippen LogP contribution in [-0.4, -0.2) is 26.6 Å². The van der Waals surface area contributed by atoms with Crippen molar-refractivity contribution in [2.45, 2.75) is 19.9 Å². The second-order valence-corrected chi connectivity index (χ2v) is 5.97. The summed E-state index contributed by atoms with van der Waals surface area (Å²) in [4.78, 5) is 28.8. The van der Waals surface area contributed by atoms with Gasteiger partial charge in [0.25, 0.3) is 11.8 Å². The first kappa shape index (κ1) is 16.0. The lowest BCUT2D eigenvalue weighted by molar-refractivity contribution is 0.0964. The van der Waals surface area contributed by atoms with Crippen LogP contribution in [0.2, 0.25) is 0 Å². The van der Waals surface area contributed by atoms with E-state index >= 15 is 0 Å². The molecule has 130 valence electrons. The molecule has 0 spiro atoms. The average molecular weight is 347 g/mol. The van der Waals surface area contributed by atoms with Gasteiger partial charge in [-0.05, 0) is 36.2 Å². The van der Waals surface area contributed by atoms with Gasteiger partial charge in [-0.15, -0.1) is 0 Å². The maximum atomic E-state index is 12.7. The lowest BCUT2D eigenvalue weighted by Gasteiger charge is -2.08. The van der Waals surface area contributed by atoms with Crippen LogP contribution in [0.3, 0.4) is 0 Å². The minimum absolute atomic E-state index is 0.117. The van der Waals surface area contributed by atoms with E-state index in [4.69, 9.17) is 0 Å². The Kier molecular flexibility index (Phi) is 3.96. The van der Waals surface area contributed by atoms with Gasteiger partial charge in [-0.1, -0.05) is 19.1 Å². The second kappa shape index (κ2) is 6.44. The number of rotatable bonds is 4. The third-order valence-corrected chi connectivity index (χ3v) is 4.37. The second-order valence-electron chi connectivity index (χ2n) is 5.97. The first-order valence-corrected chi connectivity index (χ1v) is 8.38. The van der Waals surface area contributed by atoms with Gasteiger partial charge < -0.3 is 10.6 Å². The van der Waals surface area contributed by atoms with Gasteiger partial charge in [0.2, 0.25) is 0 Å². The summed E-state index contributed by atoms with van der Waals surface area (Å²) >= 11 is 0. The molecule has 0 fully saturated rings. The maximum Gasteiger partial charge on any atom is 0.259 e. The Morgan fingerprint density at radius 1 is 1.31 bits per heavy atom. The Balaban J connectivity index is 1.62. The smallest absolute Gasteiger partial charge is 0.259 e. The number of aromatic nitrogens is 3. The highest BCUT2D eigenvalue weighted by molar-refractivity contribution is 6.06. The molecular weight excluding hydrogens is 330 g/mol. The number of nitrogens with zero attached hydrogens (tertiary/aromatic N) is 3. The van der Waals surface area contributed by atoms with E-state index in [0.29, 0.717) is 35.6 Å². The van der Waals surface area contributed by atoms with Crippen molar-refractivity contribution in [3.8, 4) is 5.82 Å². The zero-order valence-electron chi connectivity index (χ0n) is 14.2. The zero-order chi connectivity index (χ0) is 18.1. The van der Waals surface area contributed by atoms with E-state index in [1.54, 1.807) is 29.2 Å². The van der Waals surface area contributed by atoms with Gasteiger partial charge >= 0.3 is 0 Å². The number of nitrogens with one attached hydrogen (secondary N) is 2. The number of carbonyl (C=O) groups is 2. The number of pyridine rings is 1. The third-order valence-electron chi connectivity index (χ3n) is 4.37. The van der Waals surface area contributed by atoms with Crippen LogP contribution in [0.15, 0.2) is 48.8 Å². The molecule has 1 aliphatic rings. The average Bonchev–Trinajstić information content (AvgIpc) is 3.26. The molecule has 26 heavy (non-hydrogen) atoms. The first-order valence-electron chi connectivity index (χ1n) is 8.38. The van der Waals surface area contributed by atoms with Crippen molar-refractivity contribution in [2.75, 3.05) is 5.32 Å². The lowest BCUT2D eigenvalue weighted by atomic mass is 10.1. The molecule has 2 amide bonds. The number of fused-ring (bicyclic) bond motifs is 1. The van der Waals surface area contributed by atoms with Gasteiger partial charge in [0, 0.05) is 24.0 Å². The van der Waals surface area contributed by atoms with Crippen molar-refractivity contribution in [3.63, 3.8) is 0 Å². The van der Waals surface area contributed by atoms with Gasteiger partial charge in [-0.25, -0.2) is 9.67 Å². The highest BCUT2D eigenvalue weighted by atomic mass is 16.2. The SMILES string of the molecule is CCc1c(C(=O)Nc2ccc3c(c2)C(=O)NC3)cnn1-c1ccccn1. The van der Waals surface area contributed by atoms with Crippen LogP contribution in [0, 0.1) is 0 Å². The molecule has 1 aliphatic heterocycles. The molecule has 7 nitrogen and oxygen atoms in total. The van der Waals surface area contributed by atoms with Crippen LogP contribution in [-0.2, 0) is 13.0 Å². The molecule has 0 saturated carbocycles. The van der Waals surface area contributed by atoms with Crippen molar-refractivity contribution in [1.82, 2.24) is 20.1 Å². The molecule has 0 radical (unpaired) electrons. The van der Waals surface area contributed by atoms with Crippen LogP contribution in [0.25, 0.3) is 5.82 Å². The highest BCUT2D eigenvalue weighted by Crippen LogP contribution is 2.21. The first-order chi connectivity index (χ1) is 12.7. The summed E-state index contributed by atoms with van der Waals surface area (Å²) in [6, 6.07) is 10.9. The Hall–Kier alpha value is -3.48. The molecule has 0 bridgehead atoms. The number of anilines is 1. The van der Waals surface area contributed by atoms with Crippen LogP contribution < -0.4 is 10.6 Å². The van der Waals surface area contributed by atoms with Crippen molar-refractivity contribution in [1.29, 1.82) is 0 Å². The molecule has 7 heteroatoms. The van der Waals surface area contributed by atoms with Crippen LogP contribution in [0.4, 0.5) is 5.69 Å². The van der Waals surface area contributed by atoms with E-state index in [1.807, 2.05) is 31.2 Å². The molecule has 3 heterocycles. The molecule has 1 aromatic carbocycles. The van der Waals surface area contributed by atoms with Crippen molar-refractivity contribution in [3.05, 3.63) is 71.2 Å². The molecule has 2 N–H and O–H groups in total. The summed E-state index contributed by atoms with van der Waals surface area (Å²) in [5, 5.41) is 9.94. The van der Waals surface area contributed by atoms with Gasteiger partial charge in [0.05, 0.1) is 17.5 Å². The van der Waals surface area contributed by atoms with Gasteiger partial charge in [-0.3, -0.25) is 9.59 Å². The van der Waals surface area contributed by atoms with Crippen molar-refractivity contribution >= 4 is 17.5 Å². The fourth-order valence-electron chi connectivity index (χ4n) is 3.07. The molecule has 0 aliphatic carbocycles. The normalized spacial score (nSPS) is 12.6. The summed E-state index contributed by atoms with van der Waals surface area (Å²) in [5.41, 5.74) is 3.38. The van der Waals surface area contributed by atoms with Crippen LogP contribution >= 0.6 is 0 Å². The molecule has 3 aromatic rings. The number of carbonyl (C=O) groups excluding carboxylic acids is 2. The monoisotopic (exact) mass is 347 g/mol. The Bertz CT molecular complexity index is 994. The Labute approximate surface area is 150 Å². The third kappa shape index (κ3) is 2.73. The fraction of sp³-hybridized carbons (Fsp3) is 0.158. The van der Waals surface area contributed by atoms with E-state index < -0.39 is 0 Å². The van der Waals surface area contributed by atoms with Gasteiger partial charge in [0.15, 0.2) is 5.82 Å². The fourth-order valence-corrected chi connectivity index (χ4v) is 3.07. The zero-order valence-corrected chi connectivity index (χ0v) is 14.2. The minimum Gasteiger partial charge on any atom is -0.348 e. The predicted octanol–water partition coefficient (Wildman–Crippen LogP) is 2.33. The number of hydrogen-bond acceptors (Lipinski definition) is 4. The van der Waals surface area contributed by atoms with Crippen molar-refractivity contribution < 1.29 is 9.59 Å². The molecule has 2 aromatic heterocycles. The summed E-state index contributed by atoms with van der Waals surface area (Å²) in [6.45, 7) is 2.49. The van der Waals surface area contributed by atoms with E-state index in [-0.39, 0.29) is 11.8 Å². The molecule has 0 atom stereocenters. The quantitative estimate of drug-likeness (QED) is 0.758. The summed E-state index contributed by atoms with van der Waals surface area (Å²) < 4.78 is 1.67. The summed E-state index contributed by atoms with van der Waals surface area (Å²) in [7, 11) is 0. The summed E-state index contributed by atoms with van der Waals surface area (Å²) in [6.07, 6.45) is 3.86. The number of benzene rings is 1. The largest absolute Gasteiger partial charge is 0.348 e. The Morgan fingerprint density at radius 2 is 2.19 bits per heavy atom. The molecular formula is C19H17N5O2. The van der Waals surface area contributed by atoms with Crippen molar-refractivity contribution in [2.24, 2.45) is 0 Å². The Morgan fingerprint density at radius 3 is 2.96 bits per heavy atom. The molecule has 0 unspecified atom stereocenters. The standard InChI is InChI=1S/C19H17N5O2/c1-2-16-15(11-22-24(16)17-5-3-4-8-20-17)19(26)23-13-7-6-12-10-21-18(25)14(12)9-13/h3-9,11H,2,10H2,1H3,(H,21,25)(H,23,26). The number of amides is 2. The topological polar surface area (TPSA) is 88.9 Å². The van der Waals surface area contributed by atoms with Gasteiger partial charge in [-0.2, -0.15) is 5.10 Å². The lowest BCUT2D eigenvalue weighted by Crippen LogP contribution is -2.15. The maximum absolute atomic E-state index is 12.7. The minimum atomic E-state index is -0.262. The number of hydrogen-bond donors (Lipinski definition) is 2. The van der Waals surface area contributed by atoms with E-state index in [0.717, 1.165) is 11.3 Å². The van der Waals surface area contributed by atoms with Crippen LogP contribution in [0.1, 0.15) is 38.9 Å².